The second-order valence-electron chi connectivity index (χ2n) is 21.1. The molecule has 7 amide bonds. The molecule has 18 nitrogen and oxygen atoms in total. The predicted molar refractivity (Wildman–Crippen MR) is 293 cm³/mol. The minimum absolute atomic E-state index is 0.00963. The first-order valence-electron chi connectivity index (χ1n) is 25.3. The van der Waals surface area contributed by atoms with Crippen LogP contribution in [0.3, 0.4) is 0 Å². The number of rotatable bonds is 31. The number of ketones is 1. The maximum Gasteiger partial charge on any atom is 0.308 e. The number of amides is 7. The molecular weight excluding hydrogens is 987 g/mol. The molecule has 0 bridgehead atoms. The van der Waals surface area contributed by atoms with Crippen molar-refractivity contribution in [2.75, 3.05) is 36.5 Å². The number of benzene rings is 2. The SMILES string of the molecule is CC(C)SCC(CSC(C)C)C(=O)c1ccc(C(=O)NCC(=O)NC(CCC(=O)NC(C(=O)NC(C)C(=O)Nc2ccc(COC(=O)C(C)C)cc2)C(C)C)C(=O)NCC(=O)NC(C)(C)CCOC(C)(C)C)cc1. The molecule has 0 saturated heterocycles. The van der Waals surface area contributed by atoms with Gasteiger partial charge in [0.1, 0.15) is 24.7 Å². The van der Waals surface area contributed by atoms with Crippen LogP contribution in [0.1, 0.15) is 142 Å². The Kier molecular flexibility index (Phi) is 27.5. The standard InChI is InChI=1S/C54H83N7O11S2/c1-32(2)46(51(69)57-36(9)48(66)58-41-21-15-37(16-22-41)29-71-52(70)33(3)4)60-43(62)24-23-42(50(68)56-28-45(64)61-54(13,14)25-26-72-53(10,11)12)59-44(63)27-55-49(67)39-19-17-38(18-20-39)47(65)40(30-73-34(5)6)31-74-35(7)8/h15-22,32-36,40,42,46H,23-31H2,1-14H3,(H,55,67)(H,56,68)(H,57,69)(H,58,66)(H,59,63)(H,60,62)(H,61,64). The lowest BCUT2D eigenvalue weighted by Crippen LogP contribution is -2.54. The minimum atomic E-state index is -1.36. The molecule has 2 aromatic rings. The van der Waals surface area contributed by atoms with Crippen LogP contribution in [-0.2, 0) is 49.6 Å². The van der Waals surface area contributed by atoms with E-state index in [2.05, 4.69) is 64.9 Å². The number of hydrogen-bond acceptors (Lipinski definition) is 13. The summed E-state index contributed by atoms with van der Waals surface area (Å²) in [6, 6.07) is 9.42. The molecule has 0 heterocycles. The van der Waals surface area contributed by atoms with E-state index in [0.717, 1.165) is 5.56 Å². The molecule has 74 heavy (non-hydrogen) atoms. The van der Waals surface area contributed by atoms with Crippen molar-refractivity contribution < 1.29 is 52.6 Å². The number of nitrogens with one attached hydrogen (secondary N) is 7. The number of thioether (sulfide) groups is 2. The van der Waals surface area contributed by atoms with E-state index in [1.807, 2.05) is 34.6 Å². The number of ether oxygens (including phenoxy) is 2. The molecule has 7 N–H and O–H groups in total. The van der Waals surface area contributed by atoms with Gasteiger partial charge in [0.15, 0.2) is 5.78 Å². The van der Waals surface area contributed by atoms with Gasteiger partial charge in [0.2, 0.25) is 35.4 Å². The zero-order chi connectivity index (χ0) is 55.9. The van der Waals surface area contributed by atoms with Crippen molar-refractivity contribution in [3.63, 3.8) is 0 Å². The number of Topliss-reactive ketones (excluding diaryl/α,β-unsaturated/α-hetero) is 1. The third-order valence-corrected chi connectivity index (χ3v) is 13.6. The Morgan fingerprint density at radius 3 is 1.73 bits per heavy atom. The van der Waals surface area contributed by atoms with E-state index < -0.39 is 84.0 Å². The molecule has 0 saturated carbocycles. The Balaban J connectivity index is 2.14. The van der Waals surface area contributed by atoms with E-state index in [1.165, 1.54) is 19.1 Å². The van der Waals surface area contributed by atoms with E-state index in [9.17, 15) is 43.2 Å². The van der Waals surface area contributed by atoms with Gasteiger partial charge in [-0.25, -0.2) is 0 Å². The lowest BCUT2D eigenvalue weighted by atomic mass is 9.99. The molecule has 0 spiro atoms. The summed E-state index contributed by atoms with van der Waals surface area (Å²) in [7, 11) is 0. The molecule has 3 atom stereocenters. The van der Waals surface area contributed by atoms with Gasteiger partial charge in [-0.05, 0) is 101 Å². The molecule has 0 fully saturated rings. The van der Waals surface area contributed by atoms with Crippen molar-refractivity contribution in [3.8, 4) is 0 Å². The average molecular weight is 1070 g/mol. The smallest absolute Gasteiger partial charge is 0.308 e. The van der Waals surface area contributed by atoms with Crippen molar-refractivity contribution in [3.05, 3.63) is 65.2 Å². The minimum Gasteiger partial charge on any atom is -0.461 e. The van der Waals surface area contributed by atoms with Gasteiger partial charge in [0.05, 0.1) is 24.6 Å². The first-order chi connectivity index (χ1) is 34.5. The Morgan fingerprint density at radius 2 is 1.19 bits per heavy atom. The van der Waals surface area contributed by atoms with E-state index in [1.54, 1.807) is 87.6 Å². The van der Waals surface area contributed by atoms with Gasteiger partial charge in [-0.3, -0.25) is 43.2 Å². The maximum atomic E-state index is 13.6. The third kappa shape index (κ3) is 25.7. The molecule has 412 valence electrons. The zero-order valence-electron chi connectivity index (χ0n) is 45.9. The van der Waals surface area contributed by atoms with E-state index in [0.29, 0.717) is 46.3 Å². The number of anilines is 1. The summed E-state index contributed by atoms with van der Waals surface area (Å²) in [5, 5.41) is 19.3. The number of carbonyl (C=O) groups is 9. The van der Waals surface area contributed by atoms with Crippen LogP contribution in [0.15, 0.2) is 48.5 Å². The lowest BCUT2D eigenvalue weighted by molar-refractivity contribution is -0.148. The molecule has 0 aliphatic carbocycles. The Morgan fingerprint density at radius 1 is 0.622 bits per heavy atom. The van der Waals surface area contributed by atoms with Crippen LogP contribution < -0.4 is 37.2 Å². The average Bonchev–Trinajstić information content (AvgIpc) is 3.31. The van der Waals surface area contributed by atoms with E-state index in [-0.39, 0.29) is 54.2 Å². The molecule has 3 unspecified atom stereocenters. The first-order valence-corrected chi connectivity index (χ1v) is 27.4. The largest absolute Gasteiger partial charge is 0.461 e. The van der Waals surface area contributed by atoms with Crippen LogP contribution >= 0.6 is 23.5 Å². The molecule has 0 radical (unpaired) electrons. The van der Waals surface area contributed by atoms with Gasteiger partial charge in [-0.15, -0.1) is 0 Å². The topological polar surface area (TPSA) is 256 Å². The normalized spacial score (nSPS) is 13.0. The highest BCUT2D eigenvalue weighted by atomic mass is 32.2. The fraction of sp³-hybridized carbons (Fsp3) is 0.611. The second-order valence-corrected chi connectivity index (χ2v) is 24.3. The van der Waals surface area contributed by atoms with Gasteiger partial charge >= 0.3 is 5.97 Å². The fourth-order valence-corrected chi connectivity index (χ4v) is 8.60. The van der Waals surface area contributed by atoms with E-state index in [4.69, 9.17) is 9.47 Å². The van der Waals surface area contributed by atoms with Crippen molar-refractivity contribution in [1.29, 1.82) is 0 Å². The monoisotopic (exact) mass is 1070 g/mol. The third-order valence-electron chi connectivity index (χ3n) is 11.0. The van der Waals surface area contributed by atoms with Crippen molar-refractivity contribution in [2.45, 2.75) is 163 Å². The van der Waals surface area contributed by atoms with Crippen LogP contribution in [0.5, 0.6) is 0 Å². The van der Waals surface area contributed by atoms with Crippen molar-refractivity contribution in [1.82, 2.24) is 31.9 Å². The van der Waals surface area contributed by atoms with Gasteiger partial charge in [0, 0.05) is 52.8 Å². The highest BCUT2D eigenvalue weighted by molar-refractivity contribution is 8.00. The summed E-state index contributed by atoms with van der Waals surface area (Å²) in [5.74, 6) is -4.35. The van der Waals surface area contributed by atoms with Gasteiger partial charge < -0.3 is 46.7 Å². The summed E-state index contributed by atoms with van der Waals surface area (Å²) >= 11 is 3.44. The molecular formula is C54H83N7O11S2. The molecule has 0 aliphatic rings. The zero-order valence-corrected chi connectivity index (χ0v) is 47.5. The molecule has 0 aliphatic heterocycles. The van der Waals surface area contributed by atoms with Crippen molar-refractivity contribution in [2.24, 2.45) is 17.8 Å². The quantitative estimate of drug-likeness (QED) is 0.0340. The Hall–Kier alpha value is -5.47. The first kappa shape index (κ1) is 64.6. The summed E-state index contributed by atoms with van der Waals surface area (Å²) in [6.45, 7) is 25.6. The van der Waals surface area contributed by atoms with Gasteiger partial charge in [-0.2, -0.15) is 23.5 Å². The Bertz CT molecular complexity index is 2180. The highest BCUT2D eigenvalue weighted by Crippen LogP contribution is 2.24. The number of carbonyl (C=O) groups excluding carboxylic acids is 9. The number of hydrogen-bond donors (Lipinski definition) is 7. The number of esters is 1. The predicted octanol–water partition coefficient (Wildman–Crippen LogP) is 5.96. The summed E-state index contributed by atoms with van der Waals surface area (Å²) in [6.07, 6.45) is -0.131. The highest BCUT2D eigenvalue weighted by Gasteiger charge is 2.30. The molecule has 20 heteroatoms. The molecule has 2 aromatic carbocycles. The summed E-state index contributed by atoms with van der Waals surface area (Å²) < 4.78 is 11.0. The maximum absolute atomic E-state index is 13.6. The Labute approximate surface area is 447 Å². The van der Waals surface area contributed by atoms with Crippen molar-refractivity contribution >= 4 is 82.3 Å². The van der Waals surface area contributed by atoms with E-state index >= 15 is 0 Å². The van der Waals surface area contributed by atoms with Crippen LogP contribution in [0.4, 0.5) is 5.69 Å². The lowest BCUT2D eigenvalue weighted by Gasteiger charge is -2.28. The van der Waals surface area contributed by atoms with Crippen LogP contribution in [0.2, 0.25) is 0 Å². The summed E-state index contributed by atoms with van der Waals surface area (Å²) in [5.41, 5.74) is 0.790. The van der Waals surface area contributed by atoms with Crippen LogP contribution in [0, 0.1) is 17.8 Å². The molecule has 2 rings (SSSR count). The van der Waals surface area contributed by atoms with Gasteiger partial charge in [0.25, 0.3) is 5.91 Å². The molecule has 0 aromatic heterocycles. The second kappa shape index (κ2) is 31.4. The fourth-order valence-electron chi connectivity index (χ4n) is 6.68. The summed E-state index contributed by atoms with van der Waals surface area (Å²) in [4.78, 5) is 118. The van der Waals surface area contributed by atoms with Crippen LogP contribution in [-0.4, -0.2) is 124 Å². The van der Waals surface area contributed by atoms with Gasteiger partial charge in [-0.1, -0.05) is 79.7 Å². The van der Waals surface area contributed by atoms with Crippen LogP contribution in [0.25, 0.3) is 0 Å².